The molecule has 1 atom stereocenters. The van der Waals surface area contributed by atoms with Gasteiger partial charge in [0.15, 0.2) is 0 Å². The molecule has 0 radical (unpaired) electrons. The summed E-state index contributed by atoms with van der Waals surface area (Å²) in [5.74, 6) is -0.220. The van der Waals surface area contributed by atoms with Gasteiger partial charge in [-0.3, -0.25) is 9.78 Å². The average Bonchev–Trinajstić information content (AvgIpc) is 2.18. The van der Waals surface area contributed by atoms with E-state index in [1.165, 1.54) is 0 Å². The number of amides is 1. The molecule has 0 aromatic carbocycles. The van der Waals surface area contributed by atoms with Gasteiger partial charge in [0.05, 0.1) is 0 Å². The van der Waals surface area contributed by atoms with E-state index in [1.54, 1.807) is 31.5 Å². The minimum Gasteiger partial charge on any atom is -0.330 e. The summed E-state index contributed by atoms with van der Waals surface area (Å²) < 4.78 is 0. The van der Waals surface area contributed by atoms with E-state index in [0.29, 0.717) is 6.54 Å². The molecule has 0 fully saturated rings. The highest BCUT2D eigenvalue weighted by molar-refractivity contribution is 5.92. The van der Waals surface area contributed by atoms with E-state index in [0.717, 1.165) is 5.69 Å². The molecule has 13 heavy (non-hydrogen) atoms. The third-order valence-electron chi connectivity index (χ3n) is 1.75. The number of hydrogen-bond acceptors (Lipinski definition) is 3. The van der Waals surface area contributed by atoms with Gasteiger partial charge in [0.25, 0.3) is 0 Å². The first-order valence-corrected chi connectivity index (χ1v) is 4.15. The number of carbonyl (C=O) groups is 1. The van der Waals surface area contributed by atoms with E-state index in [1.807, 2.05) is 0 Å². The van der Waals surface area contributed by atoms with Crippen molar-refractivity contribution in [3.8, 4) is 0 Å². The predicted octanol–water partition coefficient (Wildman–Crippen LogP) is 0.615. The second-order valence-corrected chi connectivity index (χ2v) is 2.86. The molecule has 1 amide bonds. The molecule has 0 aliphatic heterocycles. The Morgan fingerprint density at radius 1 is 1.62 bits per heavy atom. The number of anilines is 1. The number of pyridine rings is 1. The third-order valence-corrected chi connectivity index (χ3v) is 1.75. The van der Waals surface area contributed by atoms with Crippen molar-refractivity contribution in [2.24, 2.45) is 11.7 Å². The maximum Gasteiger partial charge on any atom is 0.228 e. The molecule has 1 heterocycles. The van der Waals surface area contributed by atoms with Gasteiger partial charge >= 0.3 is 0 Å². The molecule has 0 saturated carbocycles. The maximum absolute atomic E-state index is 11.3. The Labute approximate surface area is 77.2 Å². The molecule has 0 aliphatic rings. The molecule has 1 aromatic heterocycles. The van der Waals surface area contributed by atoms with Crippen molar-refractivity contribution in [1.29, 1.82) is 0 Å². The molecule has 1 rings (SSSR count). The standard InChI is InChI=1S/C9H13N3O/c1-7(6-10)9(13)12-8-2-4-11-5-3-8/h2-5,7H,6,10H2,1H3,(H,11,12,13). The van der Waals surface area contributed by atoms with Crippen LogP contribution < -0.4 is 11.1 Å². The van der Waals surface area contributed by atoms with Crippen molar-refractivity contribution in [1.82, 2.24) is 4.98 Å². The van der Waals surface area contributed by atoms with Crippen molar-refractivity contribution in [3.63, 3.8) is 0 Å². The van der Waals surface area contributed by atoms with Crippen LogP contribution in [0, 0.1) is 5.92 Å². The van der Waals surface area contributed by atoms with Crippen LogP contribution in [0.25, 0.3) is 0 Å². The van der Waals surface area contributed by atoms with Crippen molar-refractivity contribution in [2.75, 3.05) is 11.9 Å². The normalized spacial score (nSPS) is 12.2. The van der Waals surface area contributed by atoms with E-state index in [9.17, 15) is 4.79 Å². The molecule has 4 nitrogen and oxygen atoms in total. The van der Waals surface area contributed by atoms with Crippen LogP contribution in [0.4, 0.5) is 5.69 Å². The highest BCUT2D eigenvalue weighted by Gasteiger charge is 2.09. The quantitative estimate of drug-likeness (QED) is 0.714. The Bertz CT molecular complexity index is 273. The van der Waals surface area contributed by atoms with Gasteiger partial charge in [0.1, 0.15) is 0 Å². The van der Waals surface area contributed by atoms with Crippen molar-refractivity contribution in [3.05, 3.63) is 24.5 Å². The van der Waals surface area contributed by atoms with Crippen molar-refractivity contribution < 1.29 is 4.79 Å². The molecule has 0 bridgehead atoms. The van der Waals surface area contributed by atoms with Crippen LogP contribution in [0.1, 0.15) is 6.92 Å². The lowest BCUT2D eigenvalue weighted by atomic mass is 10.1. The van der Waals surface area contributed by atoms with E-state index < -0.39 is 0 Å². The first kappa shape index (κ1) is 9.67. The van der Waals surface area contributed by atoms with Gasteiger partial charge in [-0.1, -0.05) is 6.92 Å². The Hall–Kier alpha value is -1.42. The van der Waals surface area contributed by atoms with Gasteiger partial charge in [-0.2, -0.15) is 0 Å². The van der Waals surface area contributed by atoms with E-state index >= 15 is 0 Å². The number of hydrogen-bond donors (Lipinski definition) is 2. The van der Waals surface area contributed by atoms with Crippen LogP contribution in [-0.2, 0) is 4.79 Å². The van der Waals surface area contributed by atoms with Crippen LogP contribution in [0.2, 0.25) is 0 Å². The largest absolute Gasteiger partial charge is 0.330 e. The summed E-state index contributed by atoms with van der Waals surface area (Å²) in [6, 6.07) is 3.47. The number of carbonyl (C=O) groups excluding carboxylic acids is 1. The molecule has 0 spiro atoms. The number of nitrogens with zero attached hydrogens (tertiary/aromatic N) is 1. The van der Waals surface area contributed by atoms with Crippen molar-refractivity contribution in [2.45, 2.75) is 6.92 Å². The van der Waals surface area contributed by atoms with Crippen LogP contribution in [0.15, 0.2) is 24.5 Å². The van der Waals surface area contributed by atoms with Gasteiger partial charge in [-0.25, -0.2) is 0 Å². The molecule has 1 unspecified atom stereocenters. The monoisotopic (exact) mass is 179 g/mol. The summed E-state index contributed by atoms with van der Waals surface area (Å²) in [7, 11) is 0. The van der Waals surface area contributed by atoms with Gasteiger partial charge < -0.3 is 11.1 Å². The molecule has 0 saturated heterocycles. The molecule has 0 aliphatic carbocycles. The van der Waals surface area contributed by atoms with E-state index in [-0.39, 0.29) is 11.8 Å². The van der Waals surface area contributed by atoms with Gasteiger partial charge in [-0.15, -0.1) is 0 Å². The predicted molar refractivity (Wildman–Crippen MR) is 51.1 cm³/mol. The van der Waals surface area contributed by atoms with Crippen LogP contribution in [-0.4, -0.2) is 17.4 Å². The fourth-order valence-electron chi connectivity index (χ4n) is 0.808. The second-order valence-electron chi connectivity index (χ2n) is 2.86. The minimum absolute atomic E-state index is 0.0614. The summed E-state index contributed by atoms with van der Waals surface area (Å²) in [5.41, 5.74) is 6.10. The highest BCUT2D eigenvalue weighted by Crippen LogP contribution is 2.05. The molecule has 4 heteroatoms. The number of rotatable bonds is 3. The number of nitrogens with two attached hydrogens (primary N) is 1. The van der Waals surface area contributed by atoms with Gasteiger partial charge in [0.2, 0.25) is 5.91 Å². The Balaban J connectivity index is 2.55. The number of nitrogens with one attached hydrogen (secondary N) is 1. The summed E-state index contributed by atoms with van der Waals surface area (Å²) in [6.07, 6.45) is 3.26. The zero-order chi connectivity index (χ0) is 9.68. The van der Waals surface area contributed by atoms with Gasteiger partial charge in [0, 0.05) is 30.5 Å². The number of aromatic nitrogens is 1. The SMILES string of the molecule is CC(CN)C(=O)Nc1ccncc1. The van der Waals surface area contributed by atoms with E-state index in [4.69, 9.17) is 5.73 Å². The second kappa shape index (κ2) is 4.57. The van der Waals surface area contributed by atoms with Crippen molar-refractivity contribution >= 4 is 11.6 Å². The third kappa shape index (κ3) is 2.83. The zero-order valence-electron chi connectivity index (χ0n) is 7.53. The minimum atomic E-state index is -0.159. The maximum atomic E-state index is 11.3. The lowest BCUT2D eigenvalue weighted by Gasteiger charge is -2.08. The van der Waals surface area contributed by atoms with Gasteiger partial charge in [-0.05, 0) is 12.1 Å². The Kier molecular flexibility index (Phi) is 3.40. The van der Waals surface area contributed by atoms with Crippen LogP contribution in [0.3, 0.4) is 0 Å². The smallest absolute Gasteiger partial charge is 0.228 e. The first-order chi connectivity index (χ1) is 6.24. The summed E-state index contributed by atoms with van der Waals surface area (Å²) in [4.78, 5) is 15.2. The Morgan fingerprint density at radius 2 is 2.23 bits per heavy atom. The summed E-state index contributed by atoms with van der Waals surface area (Å²) >= 11 is 0. The lowest BCUT2D eigenvalue weighted by Crippen LogP contribution is -2.26. The molecule has 70 valence electrons. The molecule has 3 N–H and O–H groups in total. The zero-order valence-corrected chi connectivity index (χ0v) is 7.53. The summed E-state index contributed by atoms with van der Waals surface area (Å²) in [6.45, 7) is 2.15. The van der Waals surface area contributed by atoms with Crippen LogP contribution >= 0.6 is 0 Å². The fraction of sp³-hybridized carbons (Fsp3) is 0.333. The van der Waals surface area contributed by atoms with E-state index in [2.05, 4.69) is 10.3 Å². The lowest BCUT2D eigenvalue weighted by molar-refractivity contribution is -0.119. The topological polar surface area (TPSA) is 68.0 Å². The van der Waals surface area contributed by atoms with Crippen LogP contribution in [0.5, 0.6) is 0 Å². The molecular weight excluding hydrogens is 166 g/mol. The first-order valence-electron chi connectivity index (χ1n) is 4.15. The highest BCUT2D eigenvalue weighted by atomic mass is 16.1. The summed E-state index contributed by atoms with van der Waals surface area (Å²) in [5, 5.41) is 2.73. The Morgan fingerprint density at radius 3 is 2.77 bits per heavy atom. The average molecular weight is 179 g/mol. The molecular formula is C9H13N3O. The molecule has 1 aromatic rings. The fourth-order valence-corrected chi connectivity index (χ4v) is 0.808.